The zero-order valence-electron chi connectivity index (χ0n) is 18.0. The first-order valence-corrected chi connectivity index (χ1v) is 11.8. The standard InChI is InChI=1S/C24H34FN3O2/c1-2-30-23(29)28-15-17-3-5-20(28)12-18(11-17)14-27-9-7-24(8-10-27)16-26-22-6-4-19(25)13-21(22)24/h4,6,13,17-18,20,26H,2-3,5,7-12,14-16H2,1H3. The second-order valence-corrected chi connectivity index (χ2v) is 9.91. The van der Waals surface area contributed by atoms with E-state index in [2.05, 4.69) is 10.2 Å². The number of likely N-dealkylation sites (tertiary alicyclic amines) is 1. The van der Waals surface area contributed by atoms with Crippen LogP contribution in [0.2, 0.25) is 0 Å². The molecule has 3 atom stereocenters. The highest BCUT2D eigenvalue weighted by Gasteiger charge is 2.43. The molecule has 3 unspecified atom stereocenters. The van der Waals surface area contributed by atoms with Gasteiger partial charge >= 0.3 is 6.09 Å². The summed E-state index contributed by atoms with van der Waals surface area (Å²) in [4.78, 5) is 17.0. The molecule has 1 aromatic rings. The number of hydrogen-bond donors (Lipinski definition) is 1. The fourth-order valence-electron chi connectivity index (χ4n) is 6.52. The van der Waals surface area contributed by atoms with E-state index in [0.717, 1.165) is 64.1 Å². The van der Waals surface area contributed by atoms with Gasteiger partial charge in [-0.2, -0.15) is 0 Å². The fraction of sp³-hybridized carbons (Fsp3) is 0.708. The Hall–Kier alpha value is -1.82. The average Bonchev–Trinajstić information content (AvgIpc) is 2.88. The van der Waals surface area contributed by atoms with E-state index >= 15 is 0 Å². The number of ether oxygens (including phenoxy) is 1. The minimum atomic E-state index is -0.126. The summed E-state index contributed by atoms with van der Waals surface area (Å²) in [6.07, 6.45) is 6.75. The third-order valence-electron chi connectivity index (χ3n) is 8.08. The zero-order valence-corrected chi connectivity index (χ0v) is 18.0. The van der Waals surface area contributed by atoms with E-state index in [1.54, 1.807) is 12.1 Å². The lowest BCUT2D eigenvalue weighted by atomic mass is 9.74. The summed E-state index contributed by atoms with van der Waals surface area (Å²) in [6, 6.07) is 5.54. The Balaban J connectivity index is 1.20. The summed E-state index contributed by atoms with van der Waals surface area (Å²) >= 11 is 0. The molecule has 164 valence electrons. The Morgan fingerprint density at radius 3 is 2.90 bits per heavy atom. The van der Waals surface area contributed by atoms with Crippen LogP contribution in [0.5, 0.6) is 0 Å². The van der Waals surface area contributed by atoms with Crippen LogP contribution in [0, 0.1) is 17.7 Å². The van der Waals surface area contributed by atoms with Gasteiger partial charge in [0.25, 0.3) is 0 Å². The molecule has 0 radical (unpaired) electrons. The second kappa shape index (κ2) is 8.03. The molecule has 0 aromatic heterocycles. The van der Waals surface area contributed by atoms with E-state index in [1.165, 1.54) is 18.4 Å². The highest BCUT2D eigenvalue weighted by Crippen LogP contribution is 2.45. The third kappa shape index (κ3) is 3.68. The lowest BCUT2D eigenvalue weighted by Gasteiger charge is -2.40. The molecule has 1 N–H and O–H groups in total. The molecular formula is C24H34FN3O2. The number of fused-ring (bicyclic) bond motifs is 6. The van der Waals surface area contributed by atoms with Crippen molar-refractivity contribution in [3.63, 3.8) is 0 Å². The Morgan fingerprint density at radius 1 is 1.27 bits per heavy atom. The molecule has 3 saturated heterocycles. The fourth-order valence-corrected chi connectivity index (χ4v) is 6.52. The first-order valence-electron chi connectivity index (χ1n) is 11.8. The summed E-state index contributed by atoms with van der Waals surface area (Å²) in [5, 5.41) is 3.50. The van der Waals surface area contributed by atoms with Crippen LogP contribution in [-0.4, -0.2) is 61.3 Å². The van der Waals surface area contributed by atoms with Crippen molar-refractivity contribution in [3.05, 3.63) is 29.6 Å². The maximum absolute atomic E-state index is 13.9. The Morgan fingerprint density at radius 2 is 2.10 bits per heavy atom. The van der Waals surface area contributed by atoms with Gasteiger partial charge in [-0.1, -0.05) is 0 Å². The van der Waals surface area contributed by atoms with Crippen LogP contribution in [0.15, 0.2) is 18.2 Å². The SMILES string of the molecule is CCOC(=O)N1CC2CCC1CC(CN1CCC3(CC1)CNc1ccc(F)cc13)C2. The predicted molar refractivity (Wildman–Crippen MR) is 115 cm³/mol. The minimum absolute atomic E-state index is 0.0944. The van der Waals surface area contributed by atoms with Crippen LogP contribution < -0.4 is 5.32 Å². The first kappa shape index (κ1) is 20.1. The topological polar surface area (TPSA) is 44.8 Å². The summed E-state index contributed by atoms with van der Waals surface area (Å²) in [7, 11) is 0. The predicted octanol–water partition coefficient (Wildman–Crippen LogP) is 4.23. The van der Waals surface area contributed by atoms with Crippen molar-refractivity contribution in [3.8, 4) is 0 Å². The summed E-state index contributed by atoms with van der Waals surface area (Å²) in [5.74, 6) is 1.14. The average molecular weight is 416 g/mol. The number of hydrogen-bond acceptors (Lipinski definition) is 4. The van der Waals surface area contributed by atoms with Gasteiger partial charge < -0.3 is 19.9 Å². The molecule has 30 heavy (non-hydrogen) atoms. The zero-order chi connectivity index (χ0) is 20.7. The smallest absolute Gasteiger partial charge is 0.410 e. The van der Waals surface area contributed by atoms with Gasteiger partial charge in [-0.25, -0.2) is 9.18 Å². The number of nitrogens with one attached hydrogen (secondary N) is 1. The van der Waals surface area contributed by atoms with Crippen molar-refractivity contribution in [1.82, 2.24) is 9.80 Å². The van der Waals surface area contributed by atoms with Gasteiger partial charge in [0.2, 0.25) is 0 Å². The maximum atomic E-state index is 13.9. The monoisotopic (exact) mass is 415 g/mol. The molecule has 4 fully saturated rings. The molecule has 2 bridgehead atoms. The molecule has 5 nitrogen and oxygen atoms in total. The van der Waals surface area contributed by atoms with E-state index in [9.17, 15) is 9.18 Å². The van der Waals surface area contributed by atoms with E-state index in [-0.39, 0.29) is 17.3 Å². The quantitative estimate of drug-likeness (QED) is 0.802. The van der Waals surface area contributed by atoms with Crippen LogP contribution in [0.25, 0.3) is 0 Å². The Kier molecular flexibility index (Phi) is 5.38. The van der Waals surface area contributed by atoms with E-state index < -0.39 is 0 Å². The number of carbonyl (C=O) groups excluding carboxylic acids is 1. The summed E-state index contributed by atoms with van der Waals surface area (Å²) < 4.78 is 19.2. The number of carbonyl (C=O) groups is 1. The van der Waals surface area contributed by atoms with E-state index in [1.807, 2.05) is 17.9 Å². The van der Waals surface area contributed by atoms with Crippen LogP contribution in [0.3, 0.4) is 0 Å². The number of amides is 1. The normalized spacial score (nSPS) is 30.1. The van der Waals surface area contributed by atoms with Gasteiger partial charge in [-0.15, -0.1) is 0 Å². The lowest BCUT2D eigenvalue weighted by Crippen LogP contribution is -2.46. The number of rotatable bonds is 3. The largest absolute Gasteiger partial charge is 0.450 e. The molecule has 1 saturated carbocycles. The lowest BCUT2D eigenvalue weighted by molar-refractivity contribution is 0.0679. The second-order valence-electron chi connectivity index (χ2n) is 9.91. The number of nitrogens with zero attached hydrogens (tertiary/aromatic N) is 2. The van der Waals surface area contributed by atoms with Crippen LogP contribution in [0.1, 0.15) is 51.0 Å². The molecule has 1 spiro atoms. The number of piperidine rings is 2. The van der Waals surface area contributed by atoms with Gasteiger partial charge in [0.1, 0.15) is 5.82 Å². The van der Waals surface area contributed by atoms with E-state index in [0.29, 0.717) is 24.5 Å². The Bertz CT molecular complexity index is 793. The Labute approximate surface area is 178 Å². The molecule has 6 heteroatoms. The summed E-state index contributed by atoms with van der Waals surface area (Å²) in [5.41, 5.74) is 2.39. The van der Waals surface area contributed by atoms with Crippen molar-refractivity contribution in [2.45, 2.75) is 56.9 Å². The highest BCUT2D eigenvalue weighted by atomic mass is 19.1. The highest BCUT2D eigenvalue weighted by molar-refractivity contribution is 5.68. The maximum Gasteiger partial charge on any atom is 0.410 e. The number of halogens is 1. The van der Waals surface area contributed by atoms with E-state index in [4.69, 9.17) is 4.74 Å². The molecule has 1 aliphatic carbocycles. The minimum Gasteiger partial charge on any atom is -0.450 e. The van der Waals surface area contributed by atoms with Gasteiger partial charge in [0.05, 0.1) is 6.61 Å². The van der Waals surface area contributed by atoms with Crippen molar-refractivity contribution >= 4 is 11.8 Å². The summed E-state index contributed by atoms with van der Waals surface area (Å²) in [6.45, 7) is 7.41. The number of benzene rings is 1. The molecule has 4 aliphatic heterocycles. The molecule has 5 aliphatic rings. The first-order chi connectivity index (χ1) is 14.6. The van der Waals surface area contributed by atoms with Crippen LogP contribution in [-0.2, 0) is 10.2 Å². The molecule has 1 aromatic carbocycles. The molecule has 4 heterocycles. The van der Waals surface area contributed by atoms with Crippen LogP contribution in [0.4, 0.5) is 14.9 Å². The van der Waals surface area contributed by atoms with Gasteiger partial charge in [0, 0.05) is 36.8 Å². The number of anilines is 1. The van der Waals surface area contributed by atoms with Crippen molar-refractivity contribution < 1.29 is 13.9 Å². The van der Waals surface area contributed by atoms with Crippen molar-refractivity contribution in [2.24, 2.45) is 11.8 Å². The van der Waals surface area contributed by atoms with Gasteiger partial charge in [-0.3, -0.25) is 0 Å². The molecule has 1 amide bonds. The third-order valence-corrected chi connectivity index (χ3v) is 8.08. The molecular weight excluding hydrogens is 381 g/mol. The van der Waals surface area contributed by atoms with Crippen molar-refractivity contribution in [2.75, 3.05) is 44.6 Å². The van der Waals surface area contributed by atoms with Crippen LogP contribution >= 0.6 is 0 Å². The molecule has 6 rings (SSSR count). The van der Waals surface area contributed by atoms with Crippen molar-refractivity contribution in [1.29, 1.82) is 0 Å². The van der Waals surface area contributed by atoms with Gasteiger partial charge in [0.15, 0.2) is 0 Å². The van der Waals surface area contributed by atoms with Gasteiger partial charge in [-0.05, 0) is 94.1 Å².